The van der Waals surface area contributed by atoms with E-state index < -0.39 is 16.0 Å². The van der Waals surface area contributed by atoms with Crippen molar-refractivity contribution in [3.8, 4) is 0 Å². The molecule has 1 aromatic rings. The minimum absolute atomic E-state index is 0.0495. The minimum Gasteiger partial charge on any atom is -0.481 e. The predicted octanol–water partition coefficient (Wildman–Crippen LogP) is 0.871. The highest BCUT2D eigenvalue weighted by Crippen LogP contribution is 2.20. The largest absolute Gasteiger partial charge is 0.481 e. The van der Waals surface area contributed by atoms with Crippen molar-refractivity contribution in [1.29, 1.82) is 0 Å². The lowest BCUT2D eigenvalue weighted by Crippen LogP contribution is -2.20. The number of anilines is 1. The summed E-state index contributed by atoms with van der Waals surface area (Å²) in [5, 5.41) is 11.4. The molecule has 100 valence electrons. The third kappa shape index (κ3) is 4.01. The molecule has 0 aliphatic carbocycles. The number of nitrogens with one attached hydrogen (secondary N) is 2. The van der Waals surface area contributed by atoms with E-state index in [1.807, 2.05) is 0 Å². The van der Waals surface area contributed by atoms with Crippen molar-refractivity contribution in [2.45, 2.75) is 17.7 Å². The van der Waals surface area contributed by atoms with Gasteiger partial charge in [0.05, 0.1) is 5.69 Å². The van der Waals surface area contributed by atoms with Crippen LogP contribution in [0.25, 0.3) is 0 Å². The van der Waals surface area contributed by atoms with Gasteiger partial charge in [-0.25, -0.2) is 13.1 Å². The lowest BCUT2D eigenvalue weighted by molar-refractivity contribution is -0.137. The molecule has 0 saturated heterocycles. The maximum atomic E-state index is 11.7. The average Bonchev–Trinajstić information content (AvgIpc) is 2.35. The second-order valence-corrected chi connectivity index (χ2v) is 5.48. The highest BCUT2D eigenvalue weighted by Gasteiger charge is 2.15. The number of carbonyl (C=O) groups is 1. The summed E-state index contributed by atoms with van der Waals surface area (Å²) in [7, 11) is -2.17. The molecule has 0 aliphatic rings. The Hall–Kier alpha value is -1.60. The Morgan fingerprint density at radius 3 is 2.61 bits per heavy atom. The summed E-state index contributed by atoms with van der Waals surface area (Å²) in [6, 6.07) is 6.48. The molecule has 0 aromatic heterocycles. The fraction of sp³-hybridized carbons (Fsp3) is 0.364. The first-order valence-corrected chi connectivity index (χ1v) is 6.94. The van der Waals surface area contributed by atoms with Crippen LogP contribution in [0.4, 0.5) is 5.69 Å². The first-order chi connectivity index (χ1) is 8.47. The molecule has 0 heterocycles. The Morgan fingerprint density at radius 1 is 1.33 bits per heavy atom. The van der Waals surface area contributed by atoms with Crippen LogP contribution in [0.1, 0.15) is 12.8 Å². The van der Waals surface area contributed by atoms with Gasteiger partial charge >= 0.3 is 5.97 Å². The molecule has 7 heteroatoms. The van der Waals surface area contributed by atoms with Crippen LogP contribution >= 0.6 is 0 Å². The summed E-state index contributed by atoms with van der Waals surface area (Å²) in [5.74, 6) is -0.868. The Bertz CT molecular complexity index is 514. The molecule has 3 N–H and O–H groups in total. The van der Waals surface area contributed by atoms with Crippen LogP contribution in [0.15, 0.2) is 29.2 Å². The number of hydrogen-bond donors (Lipinski definition) is 3. The van der Waals surface area contributed by atoms with Gasteiger partial charge in [0, 0.05) is 13.0 Å². The maximum Gasteiger partial charge on any atom is 0.303 e. The van der Waals surface area contributed by atoms with E-state index in [9.17, 15) is 13.2 Å². The number of carboxylic acid groups (broad SMARTS) is 1. The molecule has 0 saturated carbocycles. The molecular weight excluding hydrogens is 256 g/mol. The average molecular weight is 272 g/mol. The quantitative estimate of drug-likeness (QED) is 0.640. The molecule has 0 bridgehead atoms. The molecule has 0 aliphatic heterocycles. The number of aliphatic carboxylic acids is 1. The summed E-state index contributed by atoms with van der Waals surface area (Å²) in [6.45, 7) is 0.405. The van der Waals surface area contributed by atoms with Crippen molar-refractivity contribution in [1.82, 2.24) is 4.72 Å². The van der Waals surface area contributed by atoms with Crippen molar-refractivity contribution in [2.24, 2.45) is 0 Å². The summed E-state index contributed by atoms with van der Waals surface area (Å²) < 4.78 is 25.7. The lowest BCUT2D eigenvalue weighted by Gasteiger charge is -2.11. The Morgan fingerprint density at radius 2 is 2.00 bits per heavy atom. The van der Waals surface area contributed by atoms with E-state index in [2.05, 4.69) is 10.0 Å². The Balaban J connectivity index is 2.75. The molecule has 0 spiro atoms. The summed E-state index contributed by atoms with van der Waals surface area (Å²) >= 11 is 0. The van der Waals surface area contributed by atoms with Gasteiger partial charge in [0.2, 0.25) is 10.0 Å². The minimum atomic E-state index is -3.51. The normalized spacial score (nSPS) is 11.2. The fourth-order valence-electron chi connectivity index (χ4n) is 1.42. The van der Waals surface area contributed by atoms with Crippen molar-refractivity contribution in [3.05, 3.63) is 24.3 Å². The van der Waals surface area contributed by atoms with Crippen molar-refractivity contribution in [2.75, 3.05) is 18.9 Å². The van der Waals surface area contributed by atoms with Gasteiger partial charge in [-0.05, 0) is 25.6 Å². The van der Waals surface area contributed by atoms with E-state index in [0.29, 0.717) is 18.7 Å². The Labute approximate surface area is 106 Å². The van der Waals surface area contributed by atoms with E-state index in [4.69, 9.17) is 5.11 Å². The van der Waals surface area contributed by atoms with Crippen molar-refractivity contribution in [3.63, 3.8) is 0 Å². The molecule has 0 amide bonds. The zero-order valence-corrected chi connectivity index (χ0v) is 10.8. The van der Waals surface area contributed by atoms with Crippen molar-refractivity contribution >= 4 is 21.7 Å². The second kappa shape index (κ2) is 6.36. The molecule has 0 radical (unpaired) electrons. The molecule has 0 fully saturated rings. The highest BCUT2D eigenvalue weighted by atomic mass is 32.2. The molecule has 18 heavy (non-hydrogen) atoms. The van der Waals surface area contributed by atoms with E-state index in [1.165, 1.54) is 13.1 Å². The van der Waals surface area contributed by atoms with Gasteiger partial charge in [-0.1, -0.05) is 12.1 Å². The molecule has 1 aromatic carbocycles. The van der Waals surface area contributed by atoms with Crippen LogP contribution in [0.5, 0.6) is 0 Å². The van der Waals surface area contributed by atoms with Gasteiger partial charge in [0.15, 0.2) is 0 Å². The lowest BCUT2D eigenvalue weighted by atomic mass is 10.3. The van der Waals surface area contributed by atoms with Crippen LogP contribution in [-0.2, 0) is 14.8 Å². The molecule has 1 rings (SSSR count). The summed E-state index contributed by atoms with van der Waals surface area (Å²) in [4.78, 5) is 10.5. The third-order valence-electron chi connectivity index (χ3n) is 2.33. The first kappa shape index (κ1) is 14.5. The van der Waals surface area contributed by atoms with Crippen molar-refractivity contribution < 1.29 is 18.3 Å². The molecular formula is C11H16N2O4S. The molecule has 6 nitrogen and oxygen atoms in total. The van der Waals surface area contributed by atoms with Gasteiger partial charge in [0.1, 0.15) is 4.90 Å². The third-order valence-corrected chi connectivity index (χ3v) is 3.80. The molecule has 0 unspecified atom stereocenters. The summed E-state index contributed by atoms with van der Waals surface area (Å²) in [5.41, 5.74) is 0.470. The van der Waals surface area contributed by atoms with Crippen LogP contribution < -0.4 is 10.0 Å². The van der Waals surface area contributed by atoms with Crippen LogP contribution in [0.3, 0.4) is 0 Å². The molecule has 0 atom stereocenters. The smallest absolute Gasteiger partial charge is 0.303 e. The van der Waals surface area contributed by atoms with Gasteiger partial charge in [-0.2, -0.15) is 0 Å². The standard InChI is InChI=1S/C11H16N2O4S/c1-12-18(16,17)10-6-3-2-5-9(10)13-8-4-7-11(14)15/h2-3,5-6,12-13H,4,7-8H2,1H3,(H,14,15). The van der Waals surface area contributed by atoms with Crippen LogP contribution in [-0.4, -0.2) is 33.1 Å². The topological polar surface area (TPSA) is 95.5 Å². The van der Waals surface area contributed by atoms with Crippen LogP contribution in [0.2, 0.25) is 0 Å². The number of hydrogen-bond acceptors (Lipinski definition) is 4. The monoisotopic (exact) mass is 272 g/mol. The first-order valence-electron chi connectivity index (χ1n) is 5.45. The fourth-order valence-corrected chi connectivity index (χ4v) is 2.33. The number of sulfonamides is 1. The zero-order valence-electron chi connectivity index (χ0n) is 10.0. The van der Waals surface area contributed by atoms with E-state index >= 15 is 0 Å². The predicted molar refractivity (Wildman–Crippen MR) is 68.0 cm³/mol. The van der Waals surface area contributed by atoms with E-state index in [1.54, 1.807) is 18.2 Å². The highest BCUT2D eigenvalue weighted by molar-refractivity contribution is 7.89. The number of para-hydroxylation sites is 1. The SMILES string of the molecule is CNS(=O)(=O)c1ccccc1NCCCC(=O)O. The number of rotatable bonds is 7. The zero-order chi connectivity index (χ0) is 13.6. The number of carboxylic acids is 1. The van der Waals surface area contributed by atoms with Gasteiger partial charge in [-0.15, -0.1) is 0 Å². The van der Waals surface area contributed by atoms with Gasteiger partial charge in [-0.3, -0.25) is 4.79 Å². The van der Waals surface area contributed by atoms with Gasteiger partial charge in [0.25, 0.3) is 0 Å². The second-order valence-electron chi connectivity index (χ2n) is 3.63. The van der Waals surface area contributed by atoms with Gasteiger partial charge < -0.3 is 10.4 Å². The Kier molecular flexibility index (Phi) is 5.11. The summed E-state index contributed by atoms with van der Waals surface area (Å²) in [6.07, 6.45) is 0.483. The van der Waals surface area contributed by atoms with E-state index in [0.717, 1.165) is 0 Å². The van der Waals surface area contributed by atoms with E-state index in [-0.39, 0.29) is 11.3 Å². The van der Waals surface area contributed by atoms with Crippen LogP contribution in [0, 0.1) is 0 Å². The maximum absolute atomic E-state index is 11.7. The number of benzene rings is 1.